The molecule has 0 N–H and O–H groups in total. The minimum atomic E-state index is 0.637. The van der Waals surface area contributed by atoms with Gasteiger partial charge >= 0.3 is 0 Å². The van der Waals surface area contributed by atoms with E-state index in [-0.39, 0.29) is 0 Å². The van der Waals surface area contributed by atoms with Crippen LogP contribution in [0.2, 0.25) is 0 Å². The standard InChI is InChI=1S/C9H11N/c1-4-6-8(3)9(5-2)7-10/h4-6H,2H2,1,3H3/b6-4-,9-8+. The Balaban J connectivity index is 4.64. The van der Waals surface area contributed by atoms with E-state index in [1.807, 2.05) is 32.1 Å². The van der Waals surface area contributed by atoms with Crippen molar-refractivity contribution in [1.82, 2.24) is 0 Å². The summed E-state index contributed by atoms with van der Waals surface area (Å²) in [5.74, 6) is 0. The summed E-state index contributed by atoms with van der Waals surface area (Å²) in [5.41, 5.74) is 1.60. The zero-order chi connectivity index (χ0) is 7.98. The molecule has 10 heavy (non-hydrogen) atoms. The predicted octanol–water partition coefficient (Wildman–Crippen LogP) is 2.59. The fourth-order valence-corrected chi connectivity index (χ4v) is 0.635. The minimum Gasteiger partial charge on any atom is -0.192 e. The van der Waals surface area contributed by atoms with Crippen molar-refractivity contribution < 1.29 is 0 Å². The number of hydrogen-bond acceptors (Lipinski definition) is 1. The third kappa shape index (κ3) is 2.32. The molecule has 0 aromatic carbocycles. The van der Waals surface area contributed by atoms with Crippen LogP contribution in [-0.4, -0.2) is 0 Å². The molecule has 0 rings (SSSR count). The summed E-state index contributed by atoms with van der Waals surface area (Å²) >= 11 is 0. The number of nitriles is 1. The molecule has 0 radical (unpaired) electrons. The van der Waals surface area contributed by atoms with E-state index in [9.17, 15) is 0 Å². The number of rotatable bonds is 2. The van der Waals surface area contributed by atoms with Gasteiger partial charge in [-0.15, -0.1) is 0 Å². The van der Waals surface area contributed by atoms with Crippen LogP contribution < -0.4 is 0 Å². The summed E-state index contributed by atoms with van der Waals surface area (Å²) in [6.07, 6.45) is 5.35. The molecule has 0 amide bonds. The summed E-state index contributed by atoms with van der Waals surface area (Å²) in [5, 5.41) is 8.51. The SMILES string of the molecule is C=C/C(C#N)=C(C)\C=C/C. The summed E-state index contributed by atoms with van der Waals surface area (Å²) in [4.78, 5) is 0. The summed E-state index contributed by atoms with van der Waals surface area (Å²) < 4.78 is 0. The van der Waals surface area contributed by atoms with Gasteiger partial charge in [0.1, 0.15) is 0 Å². The van der Waals surface area contributed by atoms with Gasteiger partial charge in [0, 0.05) is 0 Å². The lowest BCUT2D eigenvalue weighted by atomic mass is 10.1. The summed E-state index contributed by atoms with van der Waals surface area (Å²) in [6, 6.07) is 2.05. The van der Waals surface area contributed by atoms with E-state index in [0.29, 0.717) is 5.57 Å². The molecule has 0 saturated heterocycles. The van der Waals surface area contributed by atoms with Gasteiger partial charge < -0.3 is 0 Å². The molecule has 0 aromatic heterocycles. The van der Waals surface area contributed by atoms with Gasteiger partial charge in [0.25, 0.3) is 0 Å². The zero-order valence-electron chi connectivity index (χ0n) is 6.39. The highest BCUT2D eigenvalue weighted by Gasteiger charge is 1.90. The highest BCUT2D eigenvalue weighted by Crippen LogP contribution is 2.04. The predicted molar refractivity (Wildman–Crippen MR) is 43.3 cm³/mol. The average molecular weight is 133 g/mol. The highest BCUT2D eigenvalue weighted by molar-refractivity contribution is 5.40. The van der Waals surface area contributed by atoms with E-state index in [1.165, 1.54) is 0 Å². The van der Waals surface area contributed by atoms with Crippen molar-refractivity contribution in [3.63, 3.8) is 0 Å². The molecule has 0 spiro atoms. The van der Waals surface area contributed by atoms with Gasteiger partial charge in [-0.3, -0.25) is 0 Å². The number of hydrogen-bond donors (Lipinski definition) is 0. The third-order valence-electron chi connectivity index (χ3n) is 1.17. The van der Waals surface area contributed by atoms with Crippen molar-refractivity contribution in [2.45, 2.75) is 13.8 Å². The van der Waals surface area contributed by atoms with Gasteiger partial charge in [-0.25, -0.2) is 0 Å². The second kappa shape index (κ2) is 4.58. The van der Waals surface area contributed by atoms with Gasteiger partial charge in [0.2, 0.25) is 0 Å². The maximum atomic E-state index is 8.51. The molecule has 52 valence electrons. The highest BCUT2D eigenvalue weighted by atomic mass is 14.2. The molecule has 0 fully saturated rings. The van der Waals surface area contributed by atoms with Crippen LogP contribution in [0.25, 0.3) is 0 Å². The Morgan fingerprint density at radius 1 is 1.60 bits per heavy atom. The third-order valence-corrected chi connectivity index (χ3v) is 1.17. The van der Waals surface area contributed by atoms with Crippen molar-refractivity contribution in [1.29, 1.82) is 5.26 Å². The van der Waals surface area contributed by atoms with E-state index < -0.39 is 0 Å². The maximum absolute atomic E-state index is 8.51. The van der Waals surface area contributed by atoms with Crippen LogP contribution in [0.15, 0.2) is 36.0 Å². The monoisotopic (exact) mass is 133 g/mol. The number of nitrogens with zero attached hydrogens (tertiary/aromatic N) is 1. The molecule has 1 nitrogen and oxygen atoms in total. The Bertz CT molecular complexity index is 213. The molecule has 0 aliphatic heterocycles. The van der Waals surface area contributed by atoms with E-state index >= 15 is 0 Å². The van der Waals surface area contributed by atoms with Gasteiger partial charge in [-0.1, -0.05) is 24.8 Å². The molecule has 1 heteroatoms. The smallest absolute Gasteiger partial charge is 0.0994 e. The molecular formula is C9H11N. The zero-order valence-corrected chi connectivity index (χ0v) is 6.39. The van der Waals surface area contributed by atoms with E-state index in [0.717, 1.165) is 5.57 Å². The van der Waals surface area contributed by atoms with Gasteiger partial charge in [0.15, 0.2) is 0 Å². The molecule has 0 saturated carbocycles. The van der Waals surface area contributed by atoms with Gasteiger partial charge in [0.05, 0.1) is 11.6 Å². The van der Waals surface area contributed by atoms with Crippen molar-refractivity contribution in [2.24, 2.45) is 0 Å². The minimum absolute atomic E-state index is 0.637. The molecule has 0 unspecified atom stereocenters. The van der Waals surface area contributed by atoms with Crippen LogP contribution in [0.4, 0.5) is 0 Å². The Kier molecular flexibility index (Phi) is 3.99. The van der Waals surface area contributed by atoms with Crippen molar-refractivity contribution in [3.8, 4) is 6.07 Å². The normalized spacial score (nSPS) is 12.5. The van der Waals surface area contributed by atoms with E-state index in [1.54, 1.807) is 6.08 Å². The van der Waals surface area contributed by atoms with Crippen molar-refractivity contribution in [3.05, 3.63) is 36.0 Å². The van der Waals surface area contributed by atoms with Crippen LogP contribution in [0.5, 0.6) is 0 Å². The second-order valence-corrected chi connectivity index (χ2v) is 1.91. The Morgan fingerprint density at radius 2 is 2.20 bits per heavy atom. The lowest BCUT2D eigenvalue weighted by Crippen LogP contribution is -1.76. The van der Waals surface area contributed by atoms with Gasteiger partial charge in [-0.05, 0) is 19.4 Å². The van der Waals surface area contributed by atoms with Crippen LogP contribution in [0.1, 0.15) is 13.8 Å². The molecule has 0 heterocycles. The van der Waals surface area contributed by atoms with Crippen molar-refractivity contribution in [2.75, 3.05) is 0 Å². The first-order valence-electron chi connectivity index (χ1n) is 3.12. The lowest BCUT2D eigenvalue weighted by Gasteiger charge is -1.90. The fraction of sp³-hybridized carbons (Fsp3) is 0.222. The maximum Gasteiger partial charge on any atom is 0.0994 e. The summed E-state index contributed by atoms with van der Waals surface area (Å²) in [7, 11) is 0. The Morgan fingerprint density at radius 3 is 2.50 bits per heavy atom. The molecule has 0 aliphatic carbocycles. The first-order valence-corrected chi connectivity index (χ1v) is 3.12. The molecule has 0 aliphatic rings. The Hall–Kier alpha value is -1.29. The number of allylic oxidation sites excluding steroid dienone is 5. The quantitative estimate of drug-likeness (QED) is 0.419. The summed E-state index contributed by atoms with van der Waals surface area (Å²) in [6.45, 7) is 7.33. The molecular weight excluding hydrogens is 122 g/mol. The molecule has 0 atom stereocenters. The Labute approximate surface area is 62.0 Å². The molecule has 0 bridgehead atoms. The van der Waals surface area contributed by atoms with Crippen LogP contribution in [0, 0.1) is 11.3 Å². The second-order valence-electron chi connectivity index (χ2n) is 1.91. The average Bonchev–Trinajstić information content (AvgIpc) is 1.91. The van der Waals surface area contributed by atoms with Gasteiger partial charge in [-0.2, -0.15) is 5.26 Å². The van der Waals surface area contributed by atoms with E-state index in [2.05, 4.69) is 6.58 Å². The largest absolute Gasteiger partial charge is 0.192 e. The first kappa shape index (κ1) is 8.71. The lowest BCUT2D eigenvalue weighted by molar-refractivity contribution is 1.41. The van der Waals surface area contributed by atoms with Crippen LogP contribution in [0.3, 0.4) is 0 Å². The topological polar surface area (TPSA) is 23.8 Å². The van der Waals surface area contributed by atoms with Crippen LogP contribution in [-0.2, 0) is 0 Å². The van der Waals surface area contributed by atoms with Crippen molar-refractivity contribution >= 4 is 0 Å². The first-order chi connectivity index (χ1) is 4.76. The fourth-order valence-electron chi connectivity index (χ4n) is 0.635. The van der Waals surface area contributed by atoms with E-state index in [4.69, 9.17) is 5.26 Å². The van der Waals surface area contributed by atoms with Crippen LogP contribution >= 0.6 is 0 Å². The molecule has 0 aromatic rings.